The van der Waals surface area contributed by atoms with E-state index in [-0.39, 0.29) is 5.60 Å². The molecule has 0 aromatic rings. The Morgan fingerprint density at radius 2 is 1.88 bits per heavy atom. The molecular formula is C14H27NO. The van der Waals surface area contributed by atoms with Crippen LogP contribution in [0.2, 0.25) is 0 Å². The van der Waals surface area contributed by atoms with Gasteiger partial charge in [-0.05, 0) is 62.9 Å². The van der Waals surface area contributed by atoms with Gasteiger partial charge in [0.05, 0.1) is 5.60 Å². The molecule has 2 nitrogen and oxygen atoms in total. The maximum absolute atomic E-state index is 5.87. The van der Waals surface area contributed by atoms with Gasteiger partial charge in [-0.1, -0.05) is 13.8 Å². The predicted molar refractivity (Wildman–Crippen MR) is 67.6 cm³/mol. The van der Waals surface area contributed by atoms with Crippen LogP contribution in [0.3, 0.4) is 0 Å². The van der Waals surface area contributed by atoms with Crippen LogP contribution < -0.4 is 5.32 Å². The second kappa shape index (κ2) is 4.66. The Morgan fingerprint density at radius 1 is 1.19 bits per heavy atom. The number of hydrogen-bond acceptors (Lipinski definition) is 2. The average molecular weight is 225 g/mol. The van der Waals surface area contributed by atoms with E-state index in [2.05, 4.69) is 19.2 Å². The molecular weight excluding hydrogens is 198 g/mol. The minimum atomic E-state index is 0.191. The van der Waals surface area contributed by atoms with E-state index in [9.17, 15) is 0 Å². The van der Waals surface area contributed by atoms with Crippen molar-refractivity contribution in [1.29, 1.82) is 0 Å². The van der Waals surface area contributed by atoms with Crippen LogP contribution in [-0.4, -0.2) is 25.8 Å². The molecule has 1 saturated heterocycles. The zero-order valence-electron chi connectivity index (χ0n) is 11.1. The highest BCUT2D eigenvalue weighted by atomic mass is 16.5. The molecule has 1 aliphatic heterocycles. The van der Waals surface area contributed by atoms with Gasteiger partial charge in [-0.2, -0.15) is 0 Å². The summed E-state index contributed by atoms with van der Waals surface area (Å²) < 4.78 is 5.87. The molecule has 1 unspecified atom stereocenters. The molecule has 2 fully saturated rings. The van der Waals surface area contributed by atoms with Crippen molar-refractivity contribution in [2.75, 3.05) is 20.2 Å². The molecule has 2 aliphatic rings. The predicted octanol–water partition coefficient (Wildman–Crippen LogP) is 2.97. The van der Waals surface area contributed by atoms with E-state index in [4.69, 9.17) is 4.74 Å². The van der Waals surface area contributed by atoms with Crippen LogP contribution in [0.1, 0.15) is 52.4 Å². The molecule has 0 spiro atoms. The van der Waals surface area contributed by atoms with Crippen molar-refractivity contribution < 1.29 is 4.74 Å². The Morgan fingerprint density at radius 3 is 2.38 bits per heavy atom. The van der Waals surface area contributed by atoms with Gasteiger partial charge in [-0.15, -0.1) is 0 Å². The van der Waals surface area contributed by atoms with Crippen molar-refractivity contribution >= 4 is 0 Å². The van der Waals surface area contributed by atoms with Gasteiger partial charge >= 0.3 is 0 Å². The molecule has 0 bridgehead atoms. The van der Waals surface area contributed by atoms with Gasteiger partial charge in [0.1, 0.15) is 0 Å². The van der Waals surface area contributed by atoms with Crippen molar-refractivity contribution in [3.8, 4) is 0 Å². The Bertz CT molecular complexity index is 231. The molecule has 1 saturated carbocycles. The van der Waals surface area contributed by atoms with E-state index >= 15 is 0 Å². The largest absolute Gasteiger partial charge is 0.378 e. The van der Waals surface area contributed by atoms with Crippen LogP contribution in [0, 0.1) is 11.3 Å². The minimum absolute atomic E-state index is 0.191. The van der Waals surface area contributed by atoms with Crippen molar-refractivity contribution in [1.82, 2.24) is 5.32 Å². The number of hydrogen-bond donors (Lipinski definition) is 1. The van der Waals surface area contributed by atoms with Gasteiger partial charge in [-0.25, -0.2) is 0 Å². The van der Waals surface area contributed by atoms with Gasteiger partial charge in [0.25, 0.3) is 0 Å². The van der Waals surface area contributed by atoms with Gasteiger partial charge in [0.15, 0.2) is 0 Å². The van der Waals surface area contributed by atoms with Crippen molar-refractivity contribution in [2.24, 2.45) is 11.3 Å². The highest BCUT2D eigenvalue weighted by Gasteiger charge is 2.39. The van der Waals surface area contributed by atoms with Crippen molar-refractivity contribution in [3.05, 3.63) is 0 Å². The molecule has 0 amide bonds. The van der Waals surface area contributed by atoms with Crippen LogP contribution in [0.5, 0.6) is 0 Å². The SMILES string of the molecule is COC1(CC2CCC(C)(C)C2)CCNCC1. The fraction of sp³-hybridized carbons (Fsp3) is 1.00. The Labute approximate surface area is 100 Å². The first-order valence-electron chi connectivity index (χ1n) is 6.81. The number of piperidine rings is 1. The second-order valence-corrected chi connectivity index (χ2v) is 6.61. The highest BCUT2D eigenvalue weighted by molar-refractivity contribution is 4.92. The summed E-state index contributed by atoms with van der Waals surface area (Å²) in [4.78, 5) is 0. The first-order valence-corrected chi connectivity index (χ1v) is 6.81. The molecule has 1 atom stereocenters. The van der Waals surface area contributed by atoms with E-state index in [1.807, 2.05) is 7.11 Å². The molecule has 0 aromatic carbocycles. The lowest BCUT2D eigenvalue weighted by molar-refractivity contribution is -0.0516. The van der Waals surface area contributed by atoms with Crippen LogP contribution in [0.15, 0.2) is 0 Å². The Balaban J connectivity index is 1.91. The van der Waals surface area contributed by atoms with Gasteiger partial charge in [0.2, 0.25) is 0 Å². The van der Waals surface area contributed by atoms with Gasteiger partial charge < -0.3 is 10.1 Å². The smallest absolute Gasteiger partial charge is 0.0705 e. The molecule has 94 valence electrons. The van der Waals surface area contributed by atoms with Crippen LogP contribution in [-0.2, 0) is 4.74 Å². The summed E-state index contributed by atoms with van der Waals surface area (Å²) in [5.41, 5.74) is 0.767. The maximum Gasteiger partial charge on any atom is 0.0705 e. The van der Waals surface area contributed by atoms with Crippen molar-refractivity contribution in [3.63, 3.8) is 0 Å². The zero-order chi connectivity index (χ0) is 11.6. The van der Waals surface area contributed by atoms with Gasteiger partial charge in [-0.3, -0.25) is 0 Å². The summed E-state index contributed by atoms with van der Waals surface area (Å²) in [6, 6.07) is 0. The summed E-state index contributed by atoms with van der Waals surface area (Å²) >= 11 is 0. The quantitative estimate of drug-likeness (QED) is 0.797. The molecule has 0 aromatic heterocycles. The number of ether oxygens (including phenoxy) is 1. The fourth-order valence-electron chi connectivity index (χ4n) is 3.65. The number of methoxy groups -OCH3 is 1. The third-order valence-corrected chi connectivity index (χ3v) is 4.68. The van der Waals surface area contributed by atoms with E-state index in [1.165, 1.54) is 38.5 Å². The van der Waals surface area contributed by atoms with Gasteiger partial charge in [0, 0.05) is 7.11 Å². The monoisotopic (exact) mass is 225 g/mol. The zero-order valence-corrected chi connectivity index (χ0v) is 11.1. The van der Waals surface area contributed by atoms with Crippen LogP contribution >= 0.6 is 0 Å². The summed E-state index contributed by atoms with van der Waals surface area (Å²) in [6.07, 6.45) is 7.88. The lowest BCUT2D eigenvalue weighted by Gasteiger charge is -2.38. The maximum atomic E-state index is 5.87. The summed E-state index contributed by atoms with van der Waals surface area (Å²) in [5.74, 6) is 0.896. The number of nitrogens with one attached hydrogen (secondary N) is 1. The molecule has 0 radical (unpaired) electrons. The first kappa shape index (κ1) is 12.4. The standard InChI is InChI=1S/C14H27NO/c1-13(2)5-4-12(10-13)11-14(16-3)6-8-15-9-7-14/h12,15H,4-11H2,1-3H3. The van der Waals surface area contributed by atoms with E-state index in [1.54, 1.807) is 0 Å². The summed E-state index contributed by atoms with van der Waals surface area (Å²) in [7, 11) is 1.91. The molecule has 1 aliphatic carbocycles. The van der Waals surface area contributed by atoms with Crippen LogP contribution in [0.25, 0.3) is 0 Å². The summed E-state index contributed by atoms with van der Waals surface area (Å²) in [6.45, 7) is 7.08. The molecule has 1 N–H and O–H groups in total. The molecule has 2 rings (SSSR count). The minimum Gasteiger partial charge on any atom is -0.378 e. The topological polar surface area (TPSA) is 21.3 Å². The average Bonchev–Trinajstić information content (AvgIpc) is 2.59. The van der Waals surface area contributed by atoms with E-state index in [0.717, 1.165) is 19.0 Å². The normalized spacial score (nSPS) is 32.8. The Kier molecular flexibility index (Phi) is 3.60. The van der Waals surface area contributed by atoms with Crippen LogP contribution in [0.4, 0.5) is 0 Å². The molecule has 16 heavy (non-hydrogen) atoms. The first-order chi connectivity index (χ1) is 7.55. The van der Waals surface area contributed by atoms with E-state index < -0.39 is 0 Å². The lowest BCUT2D eigenvalue weighted by atomic mass is 9.81. The molecule has 2 heteroatoms. The highest BCUT2D eigenvalue weighted by Crippen LogP contribution is 2.45. The molecule has 1 heterocycles. The lowest BCUT2D eigenvalue weighted by Crippen LogP contribution is -2.44. The second-order valence-electron chi connectivity index (χ2n) is 6.61. The summed E-state index contributed by atoms with van der Waals surface area (Å²) in [5, 5.41) is 3.43. The number of rotatable bonds is 3. The third-order valence-electron chi connectivity index (χ3n) is 4.68. The van der Waals surface area contributed by atoms with Crippen molar-refractivity contribution in [2.45, 2.75) is 58.0 Å². The third kappa shape index (κ3) is 2.78. The van der Waals surface area contributed by atoms with E-state index in [0.29, 0.717) is 5.41 Å². The fourth-order valence-corrected chi connectivity index (χ4v) is 3.65. The Hall–Kier alpha value is -0.0800.